The maximum Gasteiger partial charge on any atom is 0.271 e. The summed E-state index contributed by atoms with van der Waals surface area (Å²) in [5.74, 6) is -2.13. The third-order valence-electron chi connectivity index (χ3n) is 3.49. The van der Waals surface area contributed by atoms with Crippen molar-refractivity contribution in [1.82, 2.24) is 9.55 Å². The number of nitrogens with zero attached hydrogens (tertiary/aromatic N) is 2. The monoisotopic (exact) mass is 366 g/mol. The van der Waals surface area contributed by atoms with Crippen LogP contribution in [0.2, 0.25) is 0 Å². The molecule has 0 spiro atoms. The molecule has 0 saturated carbocycles. The first-order valence-electron chi connectivity index (χ1n) is 6.98. The highest BCUT2D eigenvalue weighted by molar-refractivity contribution is 8.00. The molecule has 2 heterocycles. The van der Waals surface area contributed by atoms with Crippen LogP contribution in [0.15, 0.2) is 39.6 Å². The van der Waals surface area contributed by atoms with Gasteiger partial charge in [-0.3, -0.25) is 14.2 Å². The molecule has 0 saturated heterocycles. The lowest BCUT2D eigenvalue weighted by Gasteiger charge is -2.13. The van der Waals surface area contributed by atoms with Gasteiger partial charge in [0.05, 0.1) is 16.3 Å². The Bertz CT molecular complexity index is 997. The Morgan fingerprint density at radius 3 is 2.79 bits per heavy atom. The summed E-state index contributed by atoms with van der Waals surface area (Å²) in [7, 11) is 1.58. The first kappa shape index (κ1) is 16.8. The lowest BCUT2D eigenvalue weighted by molar-refractivity contribution is 0.0990. The molecule has 0 aliphatic carbocycles. The highest BCUT2D eigenvalue weighted by atomic mass is 32.2. The topological polar surface area (TPSA) is 52.0 Å². The van der Waals surface area contributed by atoms with Crippen LogP contribution in [0.4, 0.5) is 8.78 Å². The van der Waals surface area contributed by atoms with E-state index in [2.05, 4.69) is 4.98 Å². The summed E-state index contributed by atoms with van der Waals surface area (Å²) in [5.41, 5.74) is 0.196. The van der Waals surface area contributed by atoms with E-state index in [0.717, 1.165) is 23.9 Å². The number of Topliss-reactive ketones (excluding diaryl/α,β-unsaturated/α-hetero) is 1. The van der Waals surface area contributed by atoms with Crippen LogP contribution in [0.3, 0.4) is 0 Å². The molecule has 24 heavy (non-hydrogen) atoms. The number of rotatable bonds is 4. The molecule has 124 valence electrons. The number of ketones is 1. The van der Waals surface area contributed by atoms with Crippen LogP contribution in [0, 0.1) is 11.6 Å². The molecule has 3 rings (SSSR count). The smallest absolute Gasteiger partial charge is 0.271 e. The van der Waals surface area contributed by atoms with Gasteiger partial charge in [0.15, 0.2) is 10.9 Å². The van der Waals surface area contributed by atoms with Crippen LogP contribution in [0.25, 0.3) is 10.2 Å². The molecule has 1 unspecified atom stereocenters. The maximum absolute atomic E-state index is 13.8. The van der Waals surface area contributed by atoms with Crippen molar-refractivity contribution in [3.63, 3.8) is 0 Å². The number of hydrogen-bond donors (Lipinski definition) is 0. The fraction of sp³-hybridized carbons (Fsp3) is 0.188. The highest BCUT2D eigenvalue weighted by Crippen LogP contribution is 2.26. The van der Waals surface area contributed by atoms with Crippen molar-refractivity contribution in [2.45, 2.75) is 17.3 Å². The van der Waals surface area contributed by atoms with Gasteiger partial charge in [-0.15, -0.1) is 11.3 Å². The Morgan fingerprint density at radius 1 is 1.33 bits per heavy atom. The minimum absolute atomic E-state index is 0.182. The minimum atomic E-state index is -0.900. The number of fused-ring (bicyclic) bond motifs is 1. The van der Waals surface area contributed by atoms with E-state index >= 15 is 0 Å². The van der Waals surface area contributed by atoms with E-state index in [1.54, 1.807) is 25.4 Å². The second-order valence-electron chi connectivity index (χ2n) is 5.14. The number of aromatic nitrogens is 2. The van der Waals surface area contributed by atoms with Gasteiger partial charge in [0.25, 0.3) is 5.56 Å². The van der Waals surface area contributed by atoms with Crippen LogP contribution in [0.1, 0.15) is 17.3 Å². The molecular weight excluding hydrogens is 354 g/mol. The van der Waals surface area contributed by atoms with E-state index in [0.29, 0.717) is 21.4 Å². The molecule has 0 radical (unpaired) electrons. The molecule has 8 heteroatoms. The van der Waals surface area contributed by atoms with Gasteiger partial charge in [-0.25, -0.2) is 13.8 Å². The Morgan fingerprint density at radius 2 is 2.08 bits per heavy atom. The predicted molar refractivity (Wildman–Crippen MR) is 90.9 cm³/mol. The van der Waals surface area contributed by atoms with Crippen LogP contribution < -0.4 is 5.56 Å². The Labute approximate surface area is 144 Å². The fourth-order valence-electron chi connectivity index (χ4n) is 2.19. The van der Waals surface area contributed by atoms with Crippen molar-refractivity contribution in [2.75, 3.05) is 0 Å². The summed E-state index contributed by atoms with van der Waals surface area (Å²) in [4.78, 5) is 29.0. The number of carbonyl (C=O) groups is 1. The van der Waals surface area contributed by atoms with Crippen LogP contribution >= 0.6 is 23.1 Å². The second-order valence-corrected chi connectivity index (χ2v) is 7.37. The van der Waals surface area contributed by atoms with E-state index in [-0.39, 0.29) is 11.1 Å². The van der Waals surface area contributed by atoms with Crippen molar-refractivity contribution in [2.24, 2.45) is 7.05 Å². The molecule has 1 atom stereocenters. The zero-order valence-electron chi connectivity index (χ0n) is 12.7. The third-order valence-corrected chi connectivity index (χ3v) is 5.53. The van der Waals surface area contributed by atoms with Crippen molar-refractivity contribution >= 4 is 39.1 Å². The standard InChI is InChI=1S/C16H12F2N2O2S2/c1-8(13(21)10-4-3-9(17)7-11(10)18)24-16-19-12-5-6-23-14(12)15(22)20(16)2/h3-8H,1-2H3. The van der Waals surface area contributed by atoms with E-state index in [9.17, 15) is 18.4 Å². The summed E-state index contributed by atoms with van der Waals surface area (Å²) in [6.45, 7) is 1.60. The molecule has 2 aromatic heterocycles. The van der Waals surface area contributed by atoms with Crippen LogP contribution in [-0.4, -0.2) is 20.6 Å². The summed E-state index contributed by atoms with van der Waals surface area (Å²) in [6, 6.07) is 4.57. The first-order chi connectivity index (χ1) is 11.4. The minimum Gasteiger partial charge on any atom is -0.293 e. The number of benzene rings is 1. The number of carbonyl (C=O) groups excluding carboxylic acids is 1. The Kier molecular flexibility index (Phi) is 4.51. The van der Waals surface area contributed by atoms with Crippen molar-refractivity contribution in [3.8, 4) is 0 Å². The van der Waals surface area contributed by atoms with Crippen molar-refractivity contribution in [3.05, 3.63) is 57.2 Å². The largest absolute Gasteiger partial charge is 0.293 e. The molecule has 0 aliphatic heterocycles. The SMILES string of the molecule is CC(Sc1nc2ccsc2c(=O)n1C)C(=O)c1ccc(F)cc1F. The molecular formula is C16H12F2N2O2S2. The van der Waals surface area contributed by atoms with E-state index in [4.69, 9.17) is 0 Å². The van der Waals surface area contributed by atoms with Crippen molar-refractivity contribution in [1.29, 1.82) is 0 Å². The first-order valence-corrected chi connectivity index (χ1v) is 8.74. The quantitative estimate of drug-likeness (QED) is 0.402. The zero-order valence-corrected chi connectivity index (χ0v) is 14.4. The van der Waals surface area contributed by atoms with Gasteiger partial charge in [0, 0.05) is 13.1 Å². The van der Waals surface area contributed by atoms with Gasteiger partial charge in [-0.2, -0.15) is 0 Å². The Balaban J connectivity index is 1.92. The average Bonchev–Trinajstić information content (AvgIpc) is 3.00. The summed E-state index contributed by atoms with van der Waals surface area (Å²) in [5, 5.41) is 1.46. The van der Waals surface area contributed by atoms with Gasteiger partial charge < -0.3 is 0 Å². The summed E-state index contributed by atoms with van der Waals surface area (Å²) in [6.07, 6.45) is 0. The number of halogens is 2. The van der Waals surface area contributed by atoms with Crippen LogP contribution in [0.5, 0.6) is 0 Å². The molecule has 1 aromatic carbocycles. The second kappa shape index (κ2) is 6.45. The number of thioether (sulfide) groups is 1. The molecule has 0 amide bonds. The lowest BCUT2D eigenvalue weighted by Crippen LogP contribution is -2.22. The average molecular weight is 366 g/mol. The molecule has 0 bridgehead atoms. The zero-order chi connectivity index (χ0) is 17.4. The van der Waals surface area contributed by atoms with E-state index in [1.807, 2.05) is 0 Å². The molecule has 0 N–H and O–H groups in total. The third kappa shape index (κ3) is 2.99. The van der Waals surface area contributed by atoms with E-state index < -0.39 is 22.7 Å². The predicted octanol–water partition coefficient (Wildman–Crippen LogP) is 3.64. The van der Waals surface area contributed by atoms with Gasteiger partial charge in [-0.05, 0) is 30.5 Å². The normalized spacial score (nSPS) is 12.5. The highest BCUT2D eigenvalue weighted by Gasteiger charge is 2.22. The lowest BCUT2D eigenvalue weighted by atomic mass is 10.1. The van der Waals surface area contributed by atoms with Crippen LogP contribution in [-0.2, 0) is 7.05 Å². The van der Waals surface area contributed by atoms with Crippen molar-refractivity contribution < 1.29 is 13.6 Å². The molecule has 3 aromatic rings. The van der Waals surface area contributed by atoms with E-state index in [1.165, 1.54) is 15.9 Å². The molecule has 4 nitrogen and oxygen atoms in total. The summed E-state index contributed by atoms with van der Waals surface area (Å²) < 4.78 is 28.7. The summed E-state index contributed by atoms with van der Waals surface area (Å²) >= 11 is 2.37. The number of thiophene rings is 1. The van der Waals surface area contributed by atoms with Gasteiger partial charge in [-0.1, -0.05) is 11.8 Å². The molecule has 0 aliphatic rings. The van der Waals surface area contributed by atoms with Gasteiger partial charge in [0.1, 0.15) is 16.3 Å². The maximum atomic E-state index is 13.8. The fourth-order valence-corrected chi connectivity index (χ4v) is 3.94. The van der Waals surface area contributed by atoms with Gasteiger partial charge >= 0.3 is 0 Å². The van der Waals surface area contributed by atoms with Gasteiger partial charge in [0.2, 0.25) is 0 Å². The Hall–Kier alpha value is -2.06. The number of hydrogen-bond acceptors (Lipinski definition) is 5. The molecule has 0 fully saturated rings.